The van der Waals surface area contributed by atoms with E-state index < -0.39 is 5.63 Å². The van der Waals surface area contributed by atoms with Crippen molar-refractivity contribution in [2.75, 3.05) is 0 Å². The van der Waals surface area contributed by atoms with Crippen molar-refractivity contribution in [1.29, 1.82) is 0 Å². The van der Waals surface area contributed by atoms with Gasteiger partial charge < -0.3 is 9.52 Å². The van der Waals surface area contributed by atoms with Crippen LogP contribution < -0.4 is 5.63 Å². The van der Waals surface area contributed by atoms with Gasteiger partial charge in [0.15, 0.2) is 0 Å². The first-order chi connectivity index (χ1) is 14.1. The van der Waals surface area contributed by atoms with Gasteiger partial charge in [0.2, 0.25) is 0 Å². The van der Waals surface area contributed by atoms with E-state index in [1.807, 2.05) is 85.8 Å². The molecular weight excluding hydrogens is 416 g/mol. The van der Waals surface area contributed by atoms with Crippen molar-refractivity contribution < 1.29 is 26.6 Å². The molecule has 0 bridgehead atoms. The van der Waals surface area contributed by atoms with Gasteiger partial charge in [0, 0.05) is 22.6 Å². The number of aryl methyl sites for hydroxylation is 1. The smallest absolute Gasteiger partial charge is 0.507 e. The monoisotopic (exact) mass is 436 g/mol. The van der Waals surface area contributed by atoms with E-state index in [1.54, 1.807) is 12.1 Å². The first-order valence-electron chi connectivity index (χ1n) is 9.39. The van der Waals surface area contributed by atoms with Crippen LogP contribution in [-0.4, -0.2) is 5.11 Å². The van der Waals surface area contributed by atoms with Crippen molar-refractivity contribution in [1.82, 2.24) is 0 Å². The third-order valence-corrected chi connectivity index (χ3v) is 4.80. The van der Waals surface area contributed by atoms with Gasteiger partial charge in [0.05, 0.1) is 0 Å². The van der Waals surface area contributed by atoms with Crippen molar-refractivity contribution in [2.24, 2.45) is 0 Å². The second-order valence-electron chi connectivity index (χ2n) is 6.80. The van der Waals surface area contributed by atoms with Crippen LogP contribution in [0.4, 0.5) is 0 Å². The fourth-order valence-corrected chi connectivity index (χ4v) is 3.37. The van der Waals surface area contributed by atoms with E-state index in [-0.39, 0.29) is 22.8 Å². The molecule has 0 radical (unpaired) electrons. The maximum atomic E-state index is 11.9. The van der Waals surface area contributed by atoms with Gasteiger partial charge in [-0.1, -0.05) is 35.9 Å². The summed E-state index contributed by atoms with van der Waals surface area (Å²) in [7, 11) is 0. The van der Waals surface area contributed by atoms with Crippen molar-refractivity contribution >= 4 is 11.0 Å². The molecular formula is C26H20FeO3. The predicted molar refractivity (Wildman–Crippen MR) is 117 cm³/mol. The first-order valence-corrected chi connectivity index (χ1v) is 9.39. The molecule has 0 unspecified atom stereocenters. The number of hydrogen-bond acceptors (Lipinski definition) is 3. The summed E-state index contributed by atoms with van der Waals surface area (Å²) in [5.41, 5.74) is 4.41. The van der Waals surface area contributed by atoms with Crippen LogP contribution in [0.3, 0.4) is 0 Å². The van der Waals surface area contributed by atoms with Gasteiger partial charge in [-0.05, 0) is 18.6 Å². The zero-order chi connectivity index (χ0) is 20.2. The van der Waals surface area contributed by atoms with Crippen LogP contribution in [0.15, 0.2) is 106 Å². The van der Waals surface area contributed by atoms with Crippen LogP contribution in [-0.2, 0) is 17.1 Å². The minimum absolute atomic E-state index is 0. The molecule has 0 aliphatic carbocycles. The number of fused-ring (bicyclic) bond motifs is 1. The molecule has 0 atom stereocenters. The van der Waals surface area contributed by atoms with Crippen LogP contribution in [0.2, 0.25) is 0 Å². The summed E-state index contributed by atoms with van der Waals surface area (Å²) in [5.74, 6) is 0.155. The Morgan fingerprint density at radius 1 is 0.867 bits per heavy atom. The predicted octanol–water partition coefficient (Wildman–Crippen LogP) is 6.26. The van der Waals surface area contributed by atoms with Crippen molar-refractivity contribution in [3.05, 3.63) is 113 Å². The van der Waals surface area contributed by atoms with Gasteiger partial charge in [0.25, 0.3) is 0 Å². The fourth-order valence-electron chi connectivity index (χ4n) is 3.37. The minimum Gasteiger partial charge on any atom is -0.507 e. The van der Waals surface area contributed by atoms with E-state index in [0.29, 0.717) is 16.7 Å². The zero-order valence-corrected chi connectivity index (χ0v) is 17.5. The van der Waals surface area contributed by atoms with E-state index in [1.165, 1.54) is 6.07 Å². The molecule has 1 heterocycles. The number of phenols is 1. The number of rotatable bonds is 2. The maximum Gasteiger partial charge on any atom is 2.00 e. The summed E-state index contributed by atoms with van der Waals surface area (Å²) in [6, 6.07) is 30.6. The maximum absolute atomic E-state index is 11.9. The molecule has 0 aliphatic heterocycles. The Morgan fingerprint density at radius 2 is 1.63 bits per heavy atom. The number of phenolic OH excluding ortho intramolecular Hbond substituents is 1. The van der Waals surface area contributed by atoms with Crippen molar-refractivity contribution in [3.63, 3.8) is 0 Å². The summed E-state index contributed by atoms with van der Waals surface area (Å²) in [4.78, 5) is 11.9. The average molecular weight is 436 g/mol. The van der Waals surface area contributed by atoms with Crippen molar-refractivity contribution in [3.8, 4) is 28.0 Å². The van der Waals surface area contributed by atoms with Gasteiger partial charge in [-0.25, -0.2) is 16.9 Å². The molecule has 0 saturated carbocycles. The molecule has 5 rings (SSSR count). The van der Waals surface area contributed by atoms with Crippen LogP contribution in [0.5, 0.6) is 5.75 Å². The molecule has 5 aromatic rings. The van der Waals surface area contributed by atoms with Crippen LogP contribution in [0.25, 0.3) is 33.2 Å². The Labute approximate surface area is 185 Å². The summed E-state index contributed by atoms with van der Waals surface area (Å²) >= 11 is 0. The molecule has 0 fully saturated rings. The summed E-state index contributed by atoms with van der Waals surface area (Å²) in [6.45, 7) is 1.89. The second-order valence-corrected chi connectivity index (χ2v) is 6.80. The Morgan fingerprint density at radius 3 is 2.27 bits per heavy atom. The SMILES string of the molecule is Cc1cc(=O)oc2c(-c3ccccc3O)cc(-c3ccc[cH-]3)cc12.[Fe+2].c1cc[cH-]c1. The van der Waals surface area contributed by atoms with Crippen molar-refractivity contribution in [2.45, 2.75) is 6.92 Å². The largest absolute Gasteiger partial charge is 2.00 e. The molecule has 0 amide bonds. The van der Waals surface area contributed by atoms with Gasteiger partial charge >= 0.3 is 22.7 Å². The zero-order valence-electron chi connectivity index (χ0n) is 16.4. The molecule has 1 aromatic heterocycles. The van der Waals surface area contributed by atoms with Gasteiger partial charge in [-0.3, -0.25) is 0 Å². The second kappa shape index (κ2) is 9.44. The van der Waals surface area contributed by atoms with E-state index in [0.717, 1.165) is 22.1 Å². The Hall–Kier alpha value is -3.33. The van der Waals surface area contributed by atoms with E-state index in [4.69, 9.17) is 4.42 Å². The average Bonchev–Trinajstić information content (AvgIpc) is 3.45. The standard InChI is InChI=1S/C21H15O3.C5H5.Fe/c1-13-10-20(23)24-21-17(13)11-15(14-6-2-3-7-14)12-18(21)16-8-4-5-9-19(16)22;1-2-4-5-3-1;/h2-12,22H,1H3;1-5H;/q2*-1;+2. The van der Waals surface area contributed by atoms with E-state index in [9.17, 15) is 9.90 Å². The normalized spacial score (nSPS) is 10.2. The third-order valence-electron chi connectivity index (χ3n) is 4.80. The van der Waals surface area contributed by atoms with E-state index in [2.05, 4.69) is 0 Å². The van der Waals surface area contributed by atoms with Crippen LogP contribution >= 0.6 is 0 Å². The Bertz CT molecular complexity index is 1260. The quantitative estimate of drug-likeness (QED) is 0.202. The van der Waals surface area contributed by atoms with Gasteiger partial charge in [-0.15, -0.1) is 6.07 Å². The molecule has 0 spiro atoms. The molecule has 4 heteroatoms. The molecule has 1 N–H and O–H groups in total. The fraction of sp³-hybridized carbons (Fsp3) is 0.0385. The summed E-state index contributed by atoms with van der Waals surface area (Å²) < 4.78 is 5.49. The molecule has 0 aliphatic rings. The number of aromatic hydroxyl groups is 1. The molecule has 30 heavy (non-hydrogen) atoms. The molecule has 4 aromatic carbocycles. The third kappa shape index (κ3) is 4.46. The summed E-state index contributed by atoms with van der Waals surface area (Å²) in [5, 5.41) is 11.1. The Kier molecular flexibility index (Phi) is 6.73. The topological polar surface area (TPSA) is 50.4 Å². The van der Waals surface area contributed by atoms with Crippen LogP contribution in [0, 0.1) is 6.92 Å². The van der Waals surface area contributed by atoms with Crippen LogP contribution in [0.1, 0.15) is 5.56 Å². The molecule has 3 nitrogen and oxygen atoms in total. The number of hydrogen-bond donors (Lipinski definition) is 1. The Balaban J connectivity index is 0.000000376. The number of benzene rings is 2. The minimum atomic E-state index is -0.391. The van der Waals surface area contributed by atoms with Gasteiger partial charge in [-0.2, -0.15) is 42.0 Å². The van der Waals surface area contributed by atoms with Gasteiger partial charge in [0.1, 0.15) is 11.3 Å². The first kappa shape index (κ1) is 21.4. The molecule has 150 valence electrons. The molecule has 0 saturated heterocycles. The van der Waals surface area contributed by atoms with E-state index >= 15 is 0 Å². The summed E-state index contributed by atoms with van der Waals surface area (Å²) in [6.07, 6.45) is 0. The number of para-hydroxylation sites is 1.